The number of thioether (sulfide) groups is 1. The molecule has 5 N–H and O–H groups in total. The molecule has 0 radical (unpaired) electrons. The van der Waals surface area contributed by atoms with Gasteiger partial charge >= 0.3 is 0 Å². The molecule has 0 aliphatic carbocycles. The Balaban J connectivity index is 3.10. The highest BCUT2D eigenvalue weighted by Crippen LogP contribution is 2.30. The van der Waals surface area contributed by atoms with Gasteiger partial charge in [0.1, 0.15) is 0 Å². The van der Waals surface area contributed by atoms with Gasteiger partial charge in [-0.2, -0.15) is 11.8 Å². The summed E-state index contributed by atoms with van der Waals surface area (Å²) in [6.45, 7) is 2.07. The van der Waals surface area contributed by atoms with Gasteiger partial charge < -0.3 is 16.8 Å². The van der Waals surface area contributed by atoms with Crippen molar-refractivity contribution in [3.63, 3.8) is 0 Å². The van der Waals surface area contributed by atoms with E-state index in [1.165, 1.54) is 0 Å². The van der Waals surface area contributed by atoms with Crippen molar-refractivity contribution in [2.24, 2.45) is 5.73 Å². The zero-order valence-electron chi connectivity index (χ0n) is 10.5. The topological polar surface area (TPSA) is 81.1 Å². The van der Waals surface area contributed by atoms with Crippen LogP contribution >= 0.6 is 23.4 Å². The molecule has 1 atom stereocenters. The van der Waals surface area contributed by atoms with E-state index in [4.69, 9.17) is 23.1 Å². The Bertz CT molecular complexity index is 440. The number of nitrogen functional groups attached to an aromatic ring is 1. The number of benzene rings is 1. The molecule has 0 spiro atoms. The predicted octanol–water partition coefficient (Wildman–Crippen LogP) is 2.57. The fourth-order valence-corrected chi connectivity index (χ4v) is 2.64. The lowest BCUT2D eigenvalue weighted by Gasteiger charge is -2.20. The molecule has 0 heterocycles. The normalized spacial score (nSPS) is 12.2. The lowest BCUT2D eigenvalue weighted by atomic mass is 10.1. The van der Waals surface area contributed by atoms with Crippen LogP contribution in [0.4, 0.5) is 11.4 Å². The number of halogens is 1. The number of carbonyl (C=O) groups is 1. The van der Waals surface area contributed by atoms with Crippen molar-refractivity contribution in [1.82, 2.24) is 0 Å². The maximum absolute atomic E-state index is 11.4. The van der Waals surface area contributed by atoms with Crippen molar-refractivity contribution in [2.45, 2.75) is 19.4 Å². The highest BCUT2D eigenvalue weighted by molar-refractivity contribution is 7.98. The number of rotatable bonds is 6. The van der Waals surface area contributed by atoms with E-state index in [0.29, 0.717) is 22.0 Å². The monoisotopic (exact) mass is 287 g/mol. The SMILES string of the molecule is CCC(CSC)Nc1c(Cl)cc(N)cc1C(N)=O. The third-order valence-corrected chi connectivity index (χ3v) is 3.62. The molecule has 1 aromatic rings. The Morgan fingerprint density at radius 3 is 2.72 bits per heavy atom. The van der Waals surface area contributed by atoms with Gasteiger partial charge in [0.05, 0.1) is 16.3 Å². The van der Waals surface area contributed by atoms with Crippen LogP contribution in [-0.2, 0) is 0 Å². The van der Waals surface area contributed by atoms with E-state index in [9.17, 15) is 4.79 Å². The van der Waals surface area contributed by atoms with Gasteiger partial charge in [0.15, 0.2) is 0 Å². The summed E-state index contributed by atoms with van der Waals surface area (Å²) in [6, 6.07) is 3.39. The number of amides is 1. The van der Waals surface area contributed by atoms with Crippen LogP contribution in [0.5, 0.6) is 0 Å². The van der Waals surface area contributed by atoms with Gasteiger partial charge in [0.25, 0.3) is 5.91 Å². The van der Waals surface area contributed by atoms with Gasteiger partial charge in [0.2, 0.25) is 0 Å². The largest absolute Gasteiger partial charge is 0.399 e. The fraction of sp³-hybridized carbons (Fsp3) is 0.417. The molecular weight excluding hydrogens is 270 g/mol. The van der Waals surface area contributed by atoms with Gasteiger partial charge in [0, 0.05) is 17.5 Å². The second-order valence-corrected chi connectivity index (χ2v) is 5.31. The number of carbonyl (C=O) groups excluding carboxylic acids is 1. The van der Waals surface area contributed by atoms with Crippen LogP contribution in [0.15, 0.2) is 12.1 Å². The molecular formula is C12H18ClN3OS. The van der Waals surface area contributed by atoms with Gasteiger partial charge in [-0.3, -0.25) is 4.79 Å². The van der Waals surface area contributed by atoms with E-state index in [0.717, 1.165) is 12.2 Å². The average molecular weight is 288 g/mol. The van der Waals surface area contributed by atoms with Gasteiger partial charge in [-0.15, -0.1) is 0 Å². The summed E-state index contributed by atoms with van der Waals surface area (Å²) in [5.41, 5.74) is 12.3. The highest BCUT2D eigenvalue weighted by Gasteiger charge is 2.16. The summed E-state index contributed by atoms with van der Waals surface area (Å²) in [5.74, 6) is 0.390. The van der Waals surface area contributed by atoms with Gasteiger partial charge in [-0.1, -0.05) is 18.5 Å². The molecule has 0 aliphatic heterocycles. The zero-order valence-corrected chi connectivity index (χ0v) is 12.1. The molecule has 18 heavy (non-hydrogen) atoms. The first-order chi connectivity index (χ1) is 8.49. The van der Waals surface area contributed by atoms with E-state index in [1.807, 2.05) is 6.26 Å². The molecule has 0 aromatic heterocycles. The lowest BCUT2D eigenvalue weighted by molar-refractivity contribution is 0.100. The summed E-state index contributed by atoms with van der Waals surface area (Å²) >= 11 is 7.85. The van der Waals surface area contributed by atoms with E-state index in [1.54, 1.807) is 23.9 Å². The number of anilines is 2. The number of hydrogen-bond acceptors (Lipinski definition) is 4. The number of hydrogen-bond donors (Lipinski definition) is 3. The molecule has 1 unspecified atom stereocenters. The van der Waals surface area contributed by atoms with Crippen molar-refractivity contribution in [3.05, 3.63) is 22.7 Å². The van der Waals surface area contributed by atoms with Crippen molar-refractivity contribution in [2.75, 3.05) is 23.1 Å². The lowest BCUT2D eigenvalue weighted by Crippen LogP contribution is -2.24. The summed E-state index contributed by atoms with van der Waals surface area (Å²) in [6.07, 6.45) is 2.96. The number of nitrogens with two attached hydrogens (primary N) is 2. The van der Waals surface area contributed by atoms with Crippen LogP contribution in [0, 0.1) is 0 Å². The molecule has 0 aliphatic rings. The molecule has 1 amide bonds. The minimum atomic E-state index is -0.536. The quantitative estimate of drug-likeness (QED) is 0.703. The van der Waals surface area contributed by atoms with Crippen LogP contribution in [0.1, 0.15) is 23.7 Å². The number of nitrogens with one attached hydrogen (secondary N) is 1. The minimum absolute atomic E-state index is 0.235. The van der Waals surface area contributed by atoms with Gasteiger partial charge in [-0.25, -0.2) is 0 Å². The first-order valence-corrected chi connectivity index (χ1v) is 7.41. The molecule has 1 rings (SSSR count). The van der Waals surface area contributed by atoms with Crippen LogP contribution in [0.2, 0.25) is 5.02 Å². The Morgan fingerprint density at radius 1 is 1.56 bits per heavy atom. The van der Waals surface area contributed by atoms with Crippen LogP contribution in [0.25, 0.3) is 0 Å². The van der Waals surface area contributed by atoms with Crippen LogP contribution < -0.4 is 16.8 Å². The second-order valence-electron chi connectivity index (χ2n) is 3.99. The first-order valence-electron chi connectivity index (χ1n) is 5.63. The van der Waals surface area contributed by atoms with Gasteiger partial charge in [-0.05, 0) is 24.8 Å². The summed E-state index contributed by atoms with van der Waals surface area (Å²) in [7, 11) is 0. The van der Waals surface area contributed by atoms with Crippen LogP contribution in [0.3, 0.4) is 0 Å². The minimum Gasteiger partial charge on any atom is -0.399 e. The molecule has 100 valence electrons. The van der Waals surface area contributed by atoms with Crippen molar-refractivity contribution in [1.29, 1.82) is 0 Å². The molecule has 6 heteroatoms. The Labute approximate surface area is 116 Å². The third-order valence-electron chi connectivity index (χ3n) is 2.59. The fourth-order valence-electron chi connectivity index (χ4n) is 1.64. The summed E-state index contributed by atoms with van der Waals surface area (Å²) in [4.78, 5) is 11.4. The summed E-state index contributed by atoms with van der Waals surface area (Å²) in [5, 5.41) is 3.69. The maximum atomic E-state index is 11.4. The molecule has 1 aromatic carbocycles. The molecule has 0 saturated carbocycles. The molecule has 0 saturated heterocycles. The predicted molar refractivity (Wildman–Crippen MR) is 80.5 cm³/mol. The second kappa shape index (κ2) is 6.75. The van der Waals surface area contributed by atoms with Crippen molar-refractivity contribution in [3.8, 4) is 0 Å². The van der Waals surface area contributed by atoms with Crippen LogP contribution in [-0.4, -0.2) is 24.0 Å². The molecule has 4 nitrogen and oxygen atoms in total. The van der Waals surface area contributed by atoms with E-state index < -0.39 is 5.91 Å². The molecule has 0 bridgehead atoms. The summed E-state index contributed by atoms with van der Waals surface area (Å²) < 4.78 is 0. The maximum Gasteiger partial charge on any atom is 0.250 e. The standard InChI is InChI=1S/C12H18ClN3OS/c1-3-8(6-18-2)16-11-9(12(15)17)4-7(14)5-10(11)13/h4-5,8,16H,3,6,14H2,1-2H3,(H2,15,17). The van der Waals surface area contributed by atoms with Crippen molar-refractivity contribution < 1.29 is 4.79 Å². The van der Waals surface area contributed by atoms with Crippen molar-refractivity contribution >= 4 is 40.6 Å². The third kappa shape index (κ3) is 3.71. The van der Waals surface area contributed by atoms with E-state index >= 15 is 0 Å². The number of primary amides is 1. The zero-order chi connectivity index (χ0) is 13.7. The Kier molecular flexibility index (Phi) is 5.62. The Hall–Kier alpha value is -1.07. The Morgan fingerprint density at radius 2 is 2.22 bits per heavy atom. The average Bonchev–Trinajstić information content (AvgIpc) is 2.30. The highest BCUT2D eigenvalue weighted by atomic mass is 35.5. The smallest absolute Gasteiger partial charge is 0.250 e. The first kappa shape index (κ1) is 15.0. The molecule has 0 fully saturated rings. The van der Waals surface area contributed by atoms with E-state index in [2.05, 4.69) is 12.2 Å². The van der Waals surface area contributed by atoms with E-state index in [-0.39, 0.29) is 6.04 Å².